The van der Waals surface area contributed by atoms with E-state index in [-0.39, 0.29) is 24.5 Å². The molecule has 0 bridgehead atoms. The van der Waals surface area contributed by atoms with E-state index >= 15 is 0 Å². The summed E-state index contributed by atoms with van der Waals surface area (Å²) < 4.78 is 5.45. The summed E-state index contributed by atoms with van der Waals surface area (Å²) in [7, 11) is 0. The molecular formula is C18H17N5O4S. The van der Waals surface area contributed by atoms with Gasteiger partial charge >= 0.3 is 0 Å². The molecule has 1 aromatic carbocycles. The second-order valence-corrected chi connectivity index (χ2v) is 7.55. The summed E-state index contributed by atoms with van der Waals surface area (Å²) in [6, 6.07) is 5.36. The number of carbonyl (C=O) groups is 1. The number of nitrogens with zero attached hydrogens (tertiary/aromatic N) is 2. The van der Waals surface area contributed by atoms with Gasteiger partial charge in [0.25, 0.3) is 11.5 Å². The lowest BCUT2D eigenvalue weighted by atomic mass is 10.1. The number of oxime groups is 1. The van der Waals surface area contributed by atoms with Crippen LogP contribution < -0.4 is 20.9 Å². The van der Waals surface area contributed by atoms with E-state index in [4.69, 9.17) is 9.94 Å². The maximum atomic E-state index is 12.5. The summed E-state index contributed by atoms with van der Waals surface area (Å²) in [5.74, 6) is 0.433. The van der Waals surface area contributed by atoms with Crippen LogP contribution in [0.1, 0.15) is 26.6 Å². The Bertz CT molecular complexity index is 1180. The first-order valence-corrected chi connectivity index (χ1v) is 9.30. The number of benzene rings is 1. The normalized spacial score (nSPS) is 14.4. The van der Waals surface area contributed by atoms with Crippen molar-refractivity contribution in [1.82, 2.24) is 15.3 Å². The van der Waals surface area contributed by atoms with Gasteiger partial charge in [0, 0.05) is 11.4 Å². The molecule has 0 fully saturated rings. The fourth-order valence-corrected chi connectivity index (χ4v) is 3.96. The quantitative estimate of drug-likeness (QED) is 0.394. The predicted octanol–water partition coefficient (Wildman–Crippen LogP) is 2.12. The van der Waals surface area contributed by atoms with Crippen LogP contribution in [-0.4, -0.2) is 33.5 Å². The van der Waals surface area contributed by atoms with E-state index in [2.05, 4.69) is 25.8 Å². The van der Waals surface area contributed by atoms with Gasteiger partial charge in [-0.05, 0) is 37.1 Å². The Morgan fingerprint density at radius 2 is 2.25 bits per heavy atom. The molecule has 4 N–H and O–H groups in total. The van der Waals surface area contributed by atoms with E-state index in [9.17, 15) is 9.59 Å². The lowest BCUT2D eigenvalue weighted by molar-refractivity contribution is 0.0940. The number of aromatic amines is 1. The highest BCUT2D eigenvalue weighted by Crippen LogP contribution is 2.29. The number of carbonyl (C=O) groups excluding carboxylic acids is 1. The van der Waals surface area contributed by atoms with Gasteiger partial charge in [-0.3, -0.25) is 9.59 Å². The highest BCUT2D eigenvalue weighted by Gasteiger charge is 2.17. The average molecular weight is 399 g/mol. The minimum atomic E-state index is -0.470. The minimum absolute atomic E-state index is 0.0205. The Hall–Kier alpha value is -3.40. The van der Waals surface area contributed by atoms with Crippen LogP contribution in [0.25, 0.3) is 10.2 Å². The second kappa shape index (κ2) is 6.97. The van der Waals surface area contributed by atoms with Crippen molar-refractivity contribution in [1.29, 1.82) is 0 Å². The zero-order valence-electron chi connectivity index (χ0n) is 15.1. The Balaban J connectivity index is 1.52. The van der Waals surface area contributed by atoms with E-state index < -0.39 is 5.91 Å². The molecule has 9 nitrogen and oxygen atoms in total. The van der Waals surface area contributed by atoms with Crippen LogP contribution in [0.15, 0.2) is 28.1 Å². The van der Waals surface area contributed by atoms with E-state index in [1.807, 2.05) is 19.9 Å². The first kappa shape index (κ1) is 18.0. The van der Waals surface area contributed by atoms with Gasteiger partial charge in [0.15, 0.2) is 5.84 Å². The number of hydrogen-bond donors (Lipinski definition) is 4. The van der Waals surface area contributed by atoms with Crippen LogP contribution in [0.2, 0.25) is 0 Å². The third-order valence-corrected chi connectivity index (χ3v) is 5.62. The number of anilines is 1. The van der Waals surface area contributed by atoms with Crippen molar-refractivity contribution >= 4 is 39.0 Å². The van der Waals surface area contributed by atoms with Gasteiger partial charge < -0.3 is 25.6 Å². The number of ether oxygens (including phenoxy) is 1. The zero-order chi connectivity index (χ0) is 19.8. The van der Waals surface area contributed by atoms with Gasteiger partial charge in [-0.25, -0.2) is 4.98 Å². The fraction of sp³-hybridized carbons (Fsp3) is 0.222. The number of rotatable bonds is 3. The van der Waals surface area contributed by atoms with Crippen LogP contribution in [0.3, 0.4) is 0 Å². The molecule has 1 aliphatic rings. The second-order valence-electron chi connectivity index (χ2n) is 6.35. The first-order chi connectivity index (χ1) is 13.5. The van der Waals surface area contributed by atoms with Crippen molar-refractivity contribution in [2.24, 2.45) is 5.16 Å². The highest BCUT2D eigenvalue weighted by molar-refractivity contribution is 7.18. The molecule has 0 unspecified atom stereocenters. The molecule has 0 saturated carbocycles. The van der Waals surface area contributed by atoms with Crippen molar-refractivity contribution in [3.63, 3.8) is 0 Å². The van der Waals surface area contributed by atoms with E-state index in [0.717, 1.165) is 16.0 Å². The maximum absolute atomic E-state index is 12.5. The Morgan fingerprint density at radius 1 is 1.43 bits per heavy atom. The number of thiophene rings is 1. The number of nitrogens with one attached hydrogen (secondary N) is 3. The lowest BCUT2D eigenvalue weighted by Gasteiger charge is -2.20. The monoisotopic (exact) mass is 399 g/mol. The van der Waals surface area contributed by atoms with Crippen LogP contribution in [0.5, 0.6) is 5.75 Å². The van der Waals surface area contributed by atoms with Crippen molar-refractivity contribution in [3.05, 3.63) is 50.4 Å². The molecule has 10 heteroatoms. The highest BCUT2D eigenvalue weighted by atomic mass is 32.1. The predicted molar refractivity (Wildman–Crippen MR) is 106 cm³/mol. The largest absolute Gasteiger partial charge is 0.483 e. The summed E-state index contributed by atoms with van der Waals surface area (Å²) >= 11 is 1.39. The SMILES string of the molecule is Cc1sc2nc(C(=O)NCc3ccc4c(c3)NC(=NO)CO4)[nH]c(=O)c2c1C. The van der Waals surface area contributed by atoms with E-state index in [1.165, 1.54) is 11.3 Å². The molecule has 0 aliphatic carbocycles. The Kier molecular flexibility index (Phi) is 4.47. The lowest BCUT2D eigenvalue weighted by Crippen LogP contribution is -2.28. The molecule has 0 radical (unpaired) electrons. The van der Waals surface area contributed by atoms with Crippen molar-refractivity contribution in [2.45, 2.75) is 20.4 Å². The molecule has 144 valence electrons. The Morgan fingerprint density at radius 3 is 3.04 bits per heavy atom. The molecule has 4 rings (SSSR count). The zero-order valence-corrected chi connectivity index (χ0v) is 15.9. The number of H-pyrrole nitrogens is 1. The fourth-order valence-electron chi connectivity index (χ4n) is 2.93. The molecule has 0 saturated heterocycles. The van der Waals surface area contributed by atoms with Crippen LogP contribution >= 0.6 is 11.3 Å². The van der Waals surface area contributed by atoms with Crippen molar-refractivity contribution in [3.8, 4) is 5.75 Å². The molecule has 1 aliphatic heterocycles. The Labute approximate surface area is 163 Å². The van der Waals surface area contributed by atoms with Crippen LogP contribution in [-0.2, 0) is 6.54 Å². The maximum Gasteiger partial charge on any atom is 0.287 e. The van der Waals surface area contributed by atoms with Gasteiger partial charge in [-0.15, -0.1) is 11.3 Å². The topological polar surface area (TPSA) is 129 Å². The molecule has 0 atom stereocenters. The van der Waals surface area contributed by atoms with E-state index in [1.54, 1.807) is 12.1 Å². The number of aryl methyl sites for hydroxylation is 2. The third kappa shape index (κ3) is 3.18. The number of fused-ring (bicyclic) bond motifs is 2. The minimum Gasteiger partial charge on any atom is -0.483 e. The van der Waals surface area contributed by atoms with Crippen LogP contribution in [0, 0.1) is 13.8 Å². The summed E-state index contributed by atoms with van der Waals surface area (Å²) in [6.45, 7) is 4.17. The number of aromatic nitrogens is 2. The summed E-state index contributed by atoms with van der Waals surface area (Å²) in [4.78, 5) is 33.2. The number of hydrogen-bond acceptors (Lipinski definition) is 7. The van der Waals surface area contributed by atoms with Gasteiger partial charge in [0.1, 0.15) is 17.2 Å². The molecule has 0 spiro atoms. The van der Waals surface area contributed by atoms with Gasteiger partial charge in [0.2, 0.25) is 5.82 Å². The summed E-state index contributed by atoms with van der Waals surface area (Å²) in [5, 5.41) is 18.2. The summed E-state index contributed by atoms with van der Waals surface area (Å²) in [6.07, 6.45) is 0. The molecule has 28 heavy (non-hydrogen) atoms. The van der Waals surface area contributed by atoms with Crippen molar-refractivity contribution in [2.75, 3.05) is 11.9 Å². The number of amides is 1. The van der Waals surface area contributed by atoms with Gasteiger partial charge in [0.05, 0.1) is 11.1 Å². The smallest absolute Gasteiger partial charge is 0.287 e. The van der Waals surface area contributed by atoms with Crippen LogP contribution in [0.4, 0.5) is 5.69 Å². The average Bonchev–Trinajstić information content (AvgIpc) is 2.99. The third-order valence-electron chi connectivity index (χ3n) is 4.52. The molecule has 3 heterocycles. The van der Waals surface area contributed by atoms with Gasteiger partial charge in [-0.2, -0.15) is 0 Å². The first-order valence-electron chi connectivity index (χ1n) is 8.48. The summed E-state index contributed by atoms with van der Waals surface area (Å²) in [5.41, 5.74) is 2.01. The van der Waals surface area contributed by atoms with Gasteiger partial charge in [-0.1, -0.05) is 11.2 Å². The molecule has 3 aromatic rings. The standard InChI is InChI=1S/C18H17N5O4S/c1-8-9(2)28-18-14(8)16(24)21-15(22-18)17(25)19-6-10-3-4-12-11(5-10)20-13(23-26)7-27-12/h3-5,26H,6-7H2,1-2H3,(H,19,25)(H,20,23)(H,21,22,24). The van der Waals surface area contributed by atoms with E-state index in [0.29, 0.717) is 27.5 Å². The molecule has 1 amide bonds. The molecule has 2 aromatic heterocycles. The van der Waals surface area contributed by atoms with Crippen molar-refractivity contribution < 1.29 is 14.7 Å². The number of amidine groups is 1. The molecular weight excluding hydrogens is 382 g/mol.